The first kappa shape index (κ1) is 26.6. The zero-order chi connectivity index (χ0) is 26.2. The third-order valence-corrected chi connectivity index (χ3v) is 7.92. The molecule has 2 unspecified atom stereocenters. The first-order valence-corrected chi connectivity index (χ1v) is 13.0. The fourth-order valence-electron chi connectivity index (χ4n) is 6.34. The summed E-state index contributed by atoms with van der Waals surface area (Å²) in [5.41, 5.74) is -0.684. The topological polar surface area (TPSA) is 96.4 Å². The van der Waals surface area contributed by atoms with Gasteiger partial charge >= 0.3 is 5.97 Å². The molecule has 3 heterocycles. The van der Waals surface area contributed by atoms with Crippen molar-refractivity contribution in [3.8, 4) is 0 Å². The van der Waals surface area contributed by atoms with Crippen LogP contribution in [-0.2, 0) is 23.9 Å². The van der Waals surface area contributed by atoms with Crippen molar-refractivity contribution in [3.63, 3.8) is 0 Å². The first-order chi connectivity index (χ1) is 17.2. The average molecular weight is 519 g/mol. The normalized spacial score (nSPS) is 29.4. The number of benzene rings is 1. The Morgan fingerprint density at radius 2 is 2.11 bits per heavy atom. The number of para-hydroxylation sites is 1. The van der Waals surface area contributed by atoms with Crippen LogP contribution in [-0.4, -0.2) is 71.3 Å². The molecule has 0 aromatic heterocycles. The fraction of sp³-hybridized carbons (Fsp3) is 0.593. The Hall–Kier alpha value is -2.42. The van der Waals surface area contributed by atoms with Crippen molar-refractivity contribution < 1.29 is 29.0 Å². The molecule has 3 saturated heterocycles. The van der Waals surface area contributed by atoms with Gasteiger partial charge in [-0.15, -0.1) is 6.58 Å². The highest BCUT2D eigenvalue weighted by atomic mass is 35.5. The van der Waals surface area contributed by atoms with E-state index in [-0.39, 0.29) is 37.5 Å². The summed E-state index contributed by atoms with van der Waals surface area (Å²) in [6.07, 6.45) is 2.62. The summed E-state index contributed by atoms with van der Waals surface area (Å²) < 4.78 is 11.8. The number of ether oxygens (including phenoxy) is 2. The highest BCUT2D eigenvalue weighted by Gasteiger charge is 2.75. The molecule has 0 radical (unpaired) electrons. The zero-order valence-electron chi connectivity index (χ0n) is 21.1. The van der Waals surface area contributed by atoms with Crippen molar-refractivity contribution in [2.45, 2.75) is 63.8 Å². The average Bonchev–Trinajstić information content (AvgIpc) is 3.48. The predicted octanol–water partition coefficient (Wildman–Crippen LogP) is 3.20. The van der Waals surface area contributed by atoms with E-state index < -0.39 is 41.6 Å². The maximum atomic E-state index is 14.4. The predicted molar refractivity (Wildman–Crippen MR) is 135 cm³/mol. The van der Waals surface area contributed by atoms with Gasteiger partial charge in [-0.05, 0) is 44.2 Å². The molecule has 6 atom stereocenters. The minimum absolute atomic E-state index is 0.162. The molecule has 1 aromatic rings. The van der Waals surface area contributed by atoms with Crippen LogP contribution in [0.25, 0.3) is 0 Å². The van der Waals surface area contributed by atoms with Crippen LogP contribution < -0.4 is 4.90 Å². The number of likely N-dealkylation sites (tertiary alicyclic amines) is 1. The number of aliphatic hydroxyl groups excluding tert-OH is 1. The molecular weight excluding hydrogens is 484 g/mol. The highest BCUT2D eigenvalue weighted by Crippen LogP contribution is 2.59. The quantitative estimate of drug-likeness (QED) is 0.377. The summed E-state index contributed by atoms with van der Waals surface area (Å²) >= 11 is 6.48. The van der Waals surface area contributed by atoms with Crippen LogP contribution in [0.5, 0.6) is 0 Å². The number of carbonyl (C=O) groups excluding carboxylic acids is 3. The molecule has 3 aliphatic rings. The second-order valence-corrected chi connectivity index (χ2v) is 10.6. The van der Waals surface area contributed by atoms with Crippen molar-refractivity contribution in [1.82, 2.24) is 4.90 Å². The Kier molecular flexibility index (Phi) is 7.78. The maximum absolute atomic E-state index is 14.4. The van der Waals surface area contributed by atoms with Crippen LogP contribution >= 0.6 is 11.6 Å². The molecule has 8 nitrogen and oxygen atoms in total. The largest absolute Gasteiger partial charge is 0.466 e. The van der Waals surface area contributed by atoms with Gasteiger partial charge in [-0.3, -0.25) is 14.4 Å². The minimum Gasteiger partial charge on any atom is -0.466 e. The van der Waals surface area contributed by atoms with Gasteiger partial charge < -0.3 is 24.4 Å². The van der Waals surface area contributed by atoms with Crippen molar-refractivity contribution in [1.29, 1.82) is 0 Å². The molecule has 196 valence electrons. The van der Waals surface area contributed by atoms with E-state index in [9.17, 15) is 19.5 Å². The Balaban J connectivity index is 1.83. The van der Waals surface area contributed by atoms with Crippen LogP contribution in [0.2, 0.25) is 5.02 Å². The van der Waals surface area contributed by atoms with E-state index >= 15 is 0 Å². The Bertz CT molecular complexity index is 1030. The van der Waals surface area contributed by atoms with Crippen LogP contribution in [0.3, 0.4) is 0 Å². The molecule has 3 fully saturated rings. The molecule has 1 aromatic carbocycles. The lowest BCUT2D eigenvalue weighted by molar-refractivity contribution is -0.155. The van der Waals surface area contributed by atoms with E-state index in [2.05, 4.69) is 6.58 Å². The Labute approximate surface area is 217 Å². The summed E-state index contributed by atoms with van der Waals surface area (Å²) in [4.78, 5) is 44.5. The molecule has 0 aliphatic carbocycles. The summed E-state index contributed by atoms with van der Waals surface area (Å²) in [6.45, 7) is 9.57. The fourth-order valence-corrected chi connectivity index (χ4v) is 6.58. The van der Waals surface area contributed by atoms with Crippen LogP contribution in [0.4, 0.5) is 5.69 Å². The van der Waals surface area contributed by atoms with E-state index in [1.807, 2.05) is 13.8 Å². The van der Waals surface area contributed by atoms with Gasteiger partial charge in [-0.25, -0.2) is 0 Å². The number of hydrogen-bond acceptors (Lipinski definition) is 6. The van der Waals surface area contributed by atoms with E-state index in [4.69, 9.17) is 21.1 Å². The van der Waals surface area contributed by atoms with Gasteiger partial charge in [-0.1, -0.05) is 43.7 Å². The summed E-state index contributed by atoms with van der Waals surface area (Å²) in [5, 5.41) is 10.7. The van der Waals surface area contributed by atoms with Crippen molar-refractivity contribution in [3.05, 3.63) is 41.9 Å². The van der Waals surface area contributed by atoms with Gasteiger partial charge in [0.2, 0.25) is 5.91 Å². The summed E-state index contributed by atoms with van der Waals surface area (Å²) in [5.74, 6) is -2.65. The first-order valence-electron chi connectivity index (χ1n) is 12.7. The van der Waals surface area contributed by atoms with Crippen LogP contribution in [0, 0.1) is 17.8 Å². The minimum atomic E-state index is -1.18. The second kappa shape index (κ2) is 10.5. The number of fused-ring (bicyclic) bond motifs is 1. The molecular formula is C27H35ClN2O6. The number of esters is 1. The van der Waals surface area contributed by atoms with Gasteiger partial charge in [0, 0.05) is 6.54 Å². The van der Waals surface area contributed by atoms with Crippen LogP contribution in [0.15, 0.2) is 36.9 Å². The van der Waals surface area contributed by atoms with Crippen molar-refractivity contribution in [2.75, 3.05) is 24.7 Å². The summed E-state index contributed by atoms with van der Waals surface area (Å²) in [6, 6.07) is 5.38. The number of hydrogen-bond donors (Lipinski definition) is 1. The highest BCUT2D eigenvalue weighted by molar-refractivity contribution is 6.34. The van der Waals surface area contributed by atoms with Gasteiger partial charge in [0.05, 0.1) is 47.9 Å². The monoisotopic (exact) mass is 518 g/mol. The van der Waals surface area contributed by atoms with Gasteiger partial charge in [0.1, 0.15) is 11.6 Å². The van der Waals surface area contributed by atoms with E-state index in [0.29, 0.717) is 30.0 Å². The smallest absolute Gasteiger partial charge is 0.312 e. The SMILES string of the molecule is C=CCN(C(=O)C1N([C@@H](CO)CC(C)C)C(=O)[C@@H]2[C@H](C(=O)OCC)[C@@H]3CCC12O3)c1ccccc1Cl. The standard InChI is InChI=1S/C27H35ClN2O6/c1-5-13-29(19-10-8-7-9-18(19)28)25(33)23-27-12-11-20(36-27)21(26(34)35-6-2)22(27)24(32)30(23)17(15-31)14-16(3)4/h5,7-10,16-17,20-23,31H,1,6,11-15H2,2-4H3/t17-,20+,21-,22+,23?,27?/m1/s1. The van der Waals surface area contributed by atoms with Gasteiger partial charge in [0.25, 0.3) is 5.91 Å². The zero-order valence-corrected chi connectivity index (χ0v) is 21.8. The Morgan fingerprint density at radius 3 is 2.72 bits per heavy atom. The van der Waals surface area contributed by atoms with Gasteiger partial charge in [0.15, 0.2) is 0 Å². The van der Waals surface area contributed by atoms with E-state index in [0.717, 1.165) is 0 Å². The Morgan fingerprint density at radius 1 is 1.39 bits per heavy atom. The number of halogens is 1. The number of rotatable bonds is 10. The number of amides is 2. The van der Waals surface area contributed by atoms with E-state index in [1.54, 1.807) is 37.3 Å². The lowest BCUT2D eigenvalue weighted by Crippen LogP contribution is -2.59. The number of aliphatic hydroxyl groups is 1. The second-order valence-electron chi connectivity index (χ2n) is 10.2. The molecule has 4 rings (SSSR count). The lowest BCUT2D eigenvalue weighted by Gasteiger charge is -2.39. The summed E-state index contributed by atoms with van der Waals surface area (Å²) in [7, 11) is 0. The van der Waals surface area contributed by atoms with Crippen molar-refractivity contribution >= 4 is 35.1 Å². The molecule has 2 bridgehead atoms. The third-order valence-electron chi connectivity index (χ3n) is 7.60. The molecule has 36 heavy (non-hydrogen) atoms. The molecule has 0 saturated carbocycles. The number of carbonyl (C=O) groups is 3. The lowest BCUT2D eigenvalue weighted by atomic mass is 9.70. The molecule has 9 heteroatoms. The third kappa shape index (κ3) is 4.23. The van der Waals surface area contributed by atoms with E-state index in [1.165, 1.54) is 9.80 Å². The molecule has 1 spiro atoms. The number of anilines is 1. The number of nitrogens with zero attached hydrogens (tertiary/aromatic N) is 2. The maximum Gasteiger partial charge on any atom is 0.312 e. The van der Waals surface area contributed by atoms with Crippen LogP contribution in [0.1, 0.15) is 40.0 Å². The van der Waals surface area contributed by atoms with Gasteiger partial charge in [-0.2, -0.15) is 0 Å². The molecule has 1 N–H and O–H groups in total. The van der Waals surface area contributed by atoms with Crippen molar-refractivity contribution in [2.24, 2.45) is 17.8 Å². The molecule has 3 aliphatic heterocycles. The molecule has 2 amide bonds.